The van der Waals surface area contributed by atoms with Gasteiger partial charge in [0.2, 0.25) is 0 Å². The molecule has 1 spiro atoms. The first-order valence-corrected chi connectivity index (χ1v) is 7.13. The van der Waals surface area contributed by atoms with Crippen LogP contribution in [0.15, 0.2) is 22.8 Å². The molecule has 3 heteroatoms. The van der Waals surface area contributed by atoms with Crippen LogP contribution in [0.2, 0.25) is 0 Å². The topological polar surface area (TPSA) is 34.4 Å². The first-order valence-electron chi connectivity index (χ1n) is 7.13. The van der Waals surface area contributed by atoms with Gasteiger partial charge < -0.3 is 14.5 Å². The molecule has 0 bridgehead atoms. The van der Waals surface area contributed by atoms with Crippen molar-refractivity contribution in [2.45, 2.75) is 57.3 Å². The van der Waals surface area contributed by atoms with Crippen LogP contribution < -0.4 is 5.32 Å². The highest BCUT2D eigenvalue weighted by atomic mass is 16.5. The lowest BCUT2D eigenvalue weighted by Crippen LogP contribution is -2.56. The minimum absolute atomic E-state index is 0.0294. The summed E-state index contributed by atoms with van der Waals surface area (Å²) >= 11 is 0. The molecule has 1 aromatic rings. The second kappa shape index (κ2) is 4.71. The van der Waals surface area contributed by atoms with E-state index in [1.54, 1.807) is 6.26 Å². The Bertz CT molecular complexity index is 389. The molecular weight excluding hydrogens is 226 g/mol. The van der Waals surface area contributed by atoms with Crippen LogP contribution in [-0.2, 0) is 4.74 Å². The second-order valence-electron chi connectivity index (χ2n) is 6.11. The molecule has 1 N–H and O–H groups in total. The third-order valence-corrected chi connectivity index (χ3v) is 4.45. The Morgan fingerprint density at radius 1 is 1.39 bits per heavy atom. The minimum Gasteiger partial charge on any atom is -0.467 e. The number of hydrogen-bond acceptors (Lipinski definition) is 3. The summed E-state index contributed by atoms with van der Waals surface area (Å²) in [5.41, 5.74) is 0.0294. The normalized spacial score (nSPS) is 41.1. The van der Waals surface area contributed by atoms with Gasteiger partial charge in [-0.3, -0.25) is 0 Å². The highest BCUT2D eigenvalue weighted by Gasteiger charge is 2.43. The van der Waals surface area contributed by atoms with Gasteiger partial charge in [-0.2, -0.15) is 0 Å². The van der Waals surface area contributed by atoms with Crippen LogP contribution in [0.1, 0.15) is 51.4 Å². The first-order chi connectivity index (χ1) is 8.69. The average molecular weight is 249 g/mol. The third-order valence-electron chi connectivity index (χ3n) is 4.45. The van der Waals surface area contributed by atoms with Crippen LogP contribution in [0.25, 0.3) is 0 Å². The van der Waals surface area contributed by atoms with Crippen LogP contribution >= 0.6 is 0 Å². The van der Waals surface area contributed by atoms with Gasteiger partial charge in [-0.05, 0) is 37.8 Å². The molecule has 1 saturated heterocycles. The van der Waals surface area contributed by atoms with Crippen LogP contribution in [-0.4, -0.2) is 18.2 Å². The van der Waals surface area contributed by atoms with Gasteiger partial charge >= 0.3 is 0 Å². The Hall–Kier alpha value is -0.800. The molecule has 2 fully saturated rings. The van der Waals surface area contributed by atoms with Crippen molar-refractivity contribution in [2.24, 2.45) is 5.92 Å². The quantitative estimate of drug-likeness (QED) is 0.829. The average Bonchev–Trinajstić information content (AvgIpc) is 2.86. The molecule has 3 rings (SSSR count). The van der Waals surface area contributed by atoms with E-state index in [0.717, 1.165) is 18.2 Å². The molecule has 18 heavy (non-hydrogen) atoms. The fourth-order valence-electron chi connectivity index (χ4n) is 3.50. The zero-order valence-corrected chi connectivity index (χ0v) is 11.3. The lowest BCUT2D eigenvalue weighted by Gasteiger charge is -2.47. The molecule has 2 heterocycles. The fraction of sp³-hybridized carbons (Fsp3) is 0.733. The standard InChI is InChI=1S/C15H23NO2/c1-11-5-3-7-15(9-11)10-16-12(2)14(18-15)13-6-4-8-17-13/h4,6,8,11-12,14,16H,3,5,7,9-10H2,1-2H3. The van der Waals surface area contributed by atoms with Crippen molar-refractivity contribution in [1.82, 2.24) is 5.32 Å². The van der Waals surface area contributed by atoms with Crippen molar-refractivity contribution in [3.05, 3.63) is 24.2 Å². The SMILES string of the molecule is CC1CCCC2(CNC(C)C(c3ccco3)O2)C1. The Labute approximate surface area is 109 Å². The predicted molar refractivity (Wildman–Crippen MR) is 70.4 cm³/mol. The molecule has 4 atom stereocenters. The smallest absolute Gasteiger partial charge is 0.134 e. The van der Waals surface area contributed by atoms with Crippen LogP contribution in [0, 0.1) is 5.92 Å². The van der Waals surface area contributed by atoms with Gasteiger partial charge in [0.15, 0.2) is 0 Å². The number of ether oxygens (including phenoxy) is 1. The molecule has 3 nitrogen and oxygen atoms in total. The molecule has 0 aromatic carbocycles. The summed E-state index contributed by atoms with van der Waals surface area (Å²) in [6.45, 7) is 5.49. The zero-order chi connectivity index (χ0) is 12.6. The van der Waals surface area contributed by atoms with Crippen LogP contribution in [0.4, 0.5) is 0 Å². The van der Waals surface area contributed by atoms with E-state index in [4.69, 9.17) is 9.15 Å². The lowest BCUT2D eigenvalue weighted by atomic mass is 9.77. The predicted octanol–water partition coefficient (Wildman–Crippen LogP) is 3.28. The molecule has 4 unspecified atom stereocenters. The van der Waals surface area contributed by atoms with E-state index in [1.165, 1.54) is 25.7 Å². The van der Waals surface area contributed by atoms with Gasteiger partial charge in [-0.15, -0.1) is 0 Å². The summed E-state index contributed by atoms with van der Waals surface area (Å²) in [5.74, 6) is 1.72. The molecule has 2 aliphatic rings. The van der Waals surface area contributed by atoms with Gasteiger partial charge in [0.1, 0.15) is 11.9 Å². The van der Waals surface area contributed by atoms with Gasteiger partial charge in [-0.25, -0.2) is 0 Å². The van der Waals surface area contributed by atoms with Crippen molar-refractivity contribution in [1.29, 1.82) is 0 Å². The summed E-state index contributed by atoms with van der Waals surface area (Å²) in [6, 6.07) is 4.28. The van der Waals surface area contributed by atoms with Crippen LogP contribution in [0.3, 0.4) is 0 Å². The highest BCUT2D eigenvalue weighted by Crippen LogP contribution is 2.41. The van der Waals surface area contributed by atoms with Gasteiger partial charge in [0.05, 0.1) is 11.9 Å². The number of hydrogen-bond donors (Lipinski definition) is 1. The van der Waals surface area contributed by atoms with Crippen LogP contribution in [0.5, 0.6) is 0 Å². The van der Waals surface area contributed by atoms with E-state index in [1.807, 2.05) is 12.1 Å². The van der Waals surface area contributed by atoms with Crippen molar-refractivity contribution in [2.75, 3.05) is 6.54 Å². The van der Waals surface area contributed by atoms with Gasteiger partial charge in [0.25, 0.3) is 0 Å². The number of nitrogens with one attached hydrogen (secondary N) is 1. The van der Waals surface area contributed by atoms with E-state index in [0.29, 0.717) is 6.04 Å². The van der Waals surface area contributed by atoms with Crippen molar-refractivity contribution in [3.63, 3.8) is 0 Å². The number of rotatable bonds is 1. The maximum Gasteiger partial charge on any atom is 0.134 e. The first kappa shape index (κ1) is 12.2. The second-order valence-corrected chi connectivity index (χ2v) is 6.11. The molecule has 100 valence electrons. The van der Waals surface area contributed by atoms with Gasteiger partial charge in [0, 0.05) is 12.6 Å². The van der Waals surface area contributed by atoms with E-state index in [9.17, 15) is 0 Å². The van der Waals surface area contributed by atoms with E-state index in [-0.39, 0.29) is 11.7 Å². The number of morpholine rings is 1. The van der Waals surface area contributed by atoms with Crippen molar-refractivity contribution >= 4 is 0 Å². The van der Waals surface area contributed by atoms with Crippen molar-refractivity contribution in [3.8, 4) is 0 Å². The summed E-state index contributed by atoms with van der Waals surface area (Å²) in [6.07, 6.45) is 6.75. The third kappa shape index (κ3) is 2.21. The van der Waals surface area contributed by atoms with Gasteiger partial charge in [-0.1, -0.05) is 19.8 Å². The number of furan rings is 1. The zero-order valence-electron chi connectivity index (χ0n) is 11.3. The monoisotopic (exact) mass is 249 g/mol. The molecule has 0 amide bonds. The summed E-state index contributed by atoms with van der Waals surface area (Å²) in [4.78, 5) is 0. The maximum absolute atomic E-state index is 6.49. The van der Waals surface area contributed by atoms with Crippen molar-refractivity contribution < 1.29 is 9.15 Å². The van der Waals surface area contributed by atoms with E-state index >= 15 is 0 Å². The summed E-state index contributed by atoms with van der Waals surface area (Å²) in [5, 5.41) is 3.62. The van der Waals surface area contributed by atoms with E-state index in [2.05, 4.69) is 19.2 Å². The highest BCUT2D eigenvalue weighted by molar-refractivity contribution is 5.08. The largest absolute Gasteiger partial charge is 0.467 e. The minimum atomic E-state index is 0.0294. The Morgan fingerprint density at radius 2 is 2.28 bits per heavy atom. The Kier molecular flexibility index (Phi) is 3.20. The molecule has 1 aliphatic heterocycles. The Morgan fingerprint density at radius 3 is 3.00 bits per heavy atom. The summed E-state index contributed by atoms with van der Waals surface area (Å²) < 4.78 is 12.0. The molecule has 1 aliphatic carbocycles. The molecule has 1 aromatic heterocycles. The Balaban J connectivity index is 1.79. The molecule has 1 saturated carbocycles. The molecular formula is C15H23NO2. The lowest BCUT2D eigenvalue weighted by molar-refractivity contribution is -0.163. The molecule has 0 radical (unpaired) electrons. The fourth-order valence-corrected chi connectivity index (χ4v) is 3.50. The van der Waals surface area contributed by atoms with E-state index < -0.39 is 0 Å². The maximum atomic E-state index is 6.49. The summed E-state index contributed by atoms with van der Waals surface area (Å²) in [7, 11) is 0.